The number of hydrogen-bond acceptors (Lipinski definition) is 2. The van der Waals surface area contributed by atoms with Crippen LogP contribution in [-0.2, 0) is 4.43 Å². The molecule has 0 unspecified atom stereocenters. The van der Waals surface area contributed by atoms with Gasteiger partial charge in [-0.05, 0) is 49.5 Å². The molecule has 0 N–H and O–H groups in total. The number of fused-ring (bicyclic) bond motifs is 2. The lowest BCUT2D eigenvalue weighted by Gasteiger charge is -2.47. The topological polar surface area (TPSA) is 18.5 Å². The Morgan fingerprint density at radius 2 is 0.820 bits per heavy atom. The van der Waals surface area contributed by atoms with Crippen LogP contribution in [0.25, 0.3) is 0 Å². The molecular weight excluding hydrogens is 721 g/mol. The fourth-order valence-corrected chi connectivity index (χ4v) is 52.4. The Balaban J connectivity index is 2.33. The van der Waals surface area contributed by atoms with Crippen LogP contribution in [0.1, 0.15) is 48.9 Å². The van der Waals surface area contributed by atoms with Crippen LogP contribution in [0.5, 0.6) is 11.5 Å². The van der Waals surface area contributed by atoms with Gasteiger partial charge in [-0.15, -0.1) is 0 Å². The molecule has 2 nitrogen and oxygen atoms in total. The summed E-state index contributed by atoms with van der Waals surface area (Å²) < 4.78 is 13.8. The van der Waals surface area contributed by atoms with Gasteiger partial charge in [-0.1, -0.05) is 166 Å². The van der Waals surface area contributed by atoms with E-state index >= 15 is 0 Å². The van der Waals surface area contributed by atoms with Gasteiger partial charge < -0.3 is 9.16 Å². The van der Waals surface area contributed by atoms with Crippen molar-refractivity contribution in [2.45, 2.75) is 139 Å². The van der Waals surface area contributed by atoms with Gasteiger partial charge in [-0.2, -0.15) is 0 Å². The summed E-state index contributed by atoms with van der Waals surface area (Å²) in [7, 11) is -9.57. The first-order valence-electron chi connectivity index (χ1n) is 19.0. The van der Waals surface area contributed by atoms with Gasteiger partial charge in [0, 0.05) is 72.2 Å². The molecular formula is C41H71O2Si7. The van der Waals surface area contributed by atoms with Crippen LogP contribution in [0.15, 0.2) is 60.7 Å². The fraction of sp³-hybridized carbons (Fsp3) is 0.561. The third kappa shape index (κ3) is 8.66. The van der Waals surface area contributed by atoms with Crippen molar-refractivity contribution >= 4 is 62.7 Å². The average molecular weight is 793 g/mol. The zero-order valence-corrected chi connectivity index (χ0v) is 42.4. The third-order valence-corrected chi connectivity index (χ3v) is 41.3. The molecule has 1 radical (unpaired) electrons. The third-order valence-electron chi connectivity index (χ3n) is 10.8. The Morgan fingerprint density at radius 1 is 0.500 bits per heavy atom. The minimum atomic E-state index is -1.70. The van der Waals surface area contributed by atoms with E-state index in [-0.39, 0.29) is 5.54 Å². The van der Waals surface area contributed by atoms with E-state index in [0.717, 1.165) is 11.5 Å². The van der Waals surface area contributed by atoms with Crippen molar-refractivity contribution in [1.82, 2.24) is 0 Å². The lowest BCUT2D eigenvalue weighted by atomic mass is 10.00. The maximum Gasteiger partial charge on any atom is 0.259 e. The van der Waals surface area contributed by atoms with Crippen LogP contribution < -0.4 is 9.92 Å². The normalized spacial score (nSPS) is 15.2. The van der Waals surface area contributed by atoms with E-state index in [9.17, 15) is 0 Å². The first-order chi connectivity index (χ1) is 22.6. The van der Waals surface area contributed by atoms with E-state index in [1.807, 2.05) is 7.11 Å². The molecule has 0 atom stereocenters. The van der Waals surface area contributed by atoms with E-state index in [4.69, 9.17) is 9.16 Å². The molecule has 0 aromatic heterocycles. The van der Waals surface area contributed by atoms with Crippen molar-refractivity contribution in [1.29, 1.82) is 0 Å². The first kappa shape index (κ1) is 41.7. The molecule has 0 amide bonds. The molecule has 0 fully saturated rings. The number of para-hydroxylation sites is 2. The lowest BCUT2D eigenvalue weighted by Crippen LogP contribution is -2.56. The summed E-state index contributed by atoms with van der Waals surface area (Å²) in [5, 5.41) is 3.58. The van der Waals surface area contributed by atoms with Crippen LogP contribution in [0.2, 0.25) is 118 Å². The Morgan fingerprint density at radius 3 is 1.12 bits per heavy atom. The second-order valence-electron chi connectivity index (χ2n) is 21.7. The molecule has 275 valence electrons. The quantitative estimate of drug-likeness (QED) is 0.170. The first-order valence-corrected chi connectivity index (χ1v) is 42.0. The maximum atomic E-state index is 7.18. The summed E-state index contributed by atoms with van der Waals surface area (Å²) in [6.07, 6.45) is 0. The monoisotopic (exact) mass is 791 g/mol. The Kier molecular flexibility index (Phi) is 11.9. The van der Waals surface area contributed by atoms with Crippen LogP contribution >= 0.6 is 0 Å². The molecule has 0 spiro atoms. The zero-order chi connectivity index (χ0) is 38.0. The van der Waals surface area contributed by atoms with E-state index in [1.54, 1.807) is 21.9 Å². The highest BCUT2D eigenvalue weighted by atomic mass is 28.4. The van der Waals surface area contributed by atoms with Crippen LogP contribution in [0.4, 0.5) is 0 Å². The summed E-state index contributed by atoms with van der Waals surface area (Å²) in [6.45, 7) is 47.8. The Hall–Kier alpha value is -1.06. The maximum absolute atomic E-state index is 7.18. The highest BCUT2D eigenvalue weighted by molar-refractivity contribution is 6.98. The summed E-state index contributed by atoms with van der Waals surface area (Å²) >= 11 is 0. The minimum Gasteiger partial charge on any atom is -0.457 e. The summed E-state index contributed by atoms with van der Waals surface area (Å²) in [5.74, 6) is 1.98. The molecule has 3 aromatic rings. The fourth-order valence-electron chi connectivity index (χ4n) is 10.9. The second kappa shape index (κ2) is 14.3. The van der Waals surface area contributed by atoms with Crippen molar-refractivity contribution in [3.8, 4) is 11.5 Å². The predicted molar refractivity (Wildman–Crippen MR) is 242 cm³/mol. The molecule has 1 aliphatic rings. The second-order valence-corrected chi connectivity index (χ2v) is 57.6. The van der Waals surface area contributed by atoms with Crippen molar-refractivity contribution < 1.29 is 9.16 Å². The molecule has 50 heavy (non-hydrogen) atoms. The molecule has 3 aromatic carbocycles. The number of ether oxygens (including phenoxy) is 1. The molecule has 0 bridgehead atoms. The van der Waals surface area contributed by atoms with Gasteiger partial charge in [-0.25, -0.2) is 0 Å². The molecule has 4 rings (SSSR count). The number of rotatable bonds is 12. The highest BCUT2D eigenvalue weighted by Gasteiger charge is 2.50. The molecule has 0 saturated carbocycles. The molecule has 1 heterocycles. The Labute approximate surface area is 316 Å². The van der Waals surface area contributed by atoms with Gasteiger partial charge in [0.2, 0.25) is 0 Å². The van der Waals surface area contributed by atoms with Crippen molar-refractivity contribution in [3.05, 3.63) is 88.5 Å². The van der Waals surface area contributed by atoms with Crippen LogP contribution in [0, 0.1) is 0 Å². The van der Waals surface area contributed by atoms with Crippen LogP contribution in [-0.4, -0.2) is 64.6 Å². The minimum absolute atomic E-state index is 0.145. The van der Waals surface area contributed by atoms with Gasteiger partial charge in [-0.3, -0.25) is 0 Å². The smallest absolute Gasteiger partial charge is 0.259 e. The average Bonchev–Trinajstić information content (AvgIpc) is 2.89. The largest absolute Gasteiger partial charge is 0.457 e. The molecule has 1 aliphatic heterocycles. The van der Waals surface area contributed by atoms with Gasteiger partial charge >= 0.3 is 0 Å². The van der Waals surface area contributed by atoms with E-state index in [1.165, 1.54) is 11.1 Å². The van der Waals surface area contributed by atoms with Crippen molar-refractivity contribution in [2.24, 2.45) is 0 Å². The summed E-state index contributed by atoms with van der Waals surface area (Å²) in [5.41, 5.74) is 7.82. The van der Waals surface area contributed by atoms with E-state index < -0.39 is 57.5 Å². The van der Waals surface area contributed by atoms with E-state index in [0.29, 0.717) is 15.5 Å². The standard InChI is InChI=1S/C41H71O2Si7/c1-42-44(37-31-24-20-22-26-35(31)43-36-27-23-21-25-32(36)37)38-33(40(47(8,9)10)48(11,12)13)28-30(39(45(2,3)4)46(5,6)7)29-34(38)41(49(14,15)16)50(17,18)19/h20-29,37,39-41H,1-19H3. The summed E-state index contributed by atoms with van der Waals surface area (Å²) in [6, 6.07) is 23.3. The van der Waals surface area contributed by atoms with Gasteiger partial charge in [0.25, 0.3) is 9.04 Å². The van der Waals surface area contributed by atoms with Crippen molar-refractivity contribution in [2.75, 3.05) is 7.11 Å². The molecule has 0 aliphatic carbocycles. The van der Waals surface area contributed by atoms with Gasteiger partial charge in [0.05, 0.1) is 0 Å². The number of hydrogen-bond donors (Lipinski definition) is 0. The Bertz CT molecular complexity index is 1520. The molecule has 0 saturated heterocycles. The number of benzene rings is 3. The SMILES string of the molecule is CO[Si](c1c(C([Si](C)(C)C)[Si](C)(C)C)cc(C([Si](C)(C)C)[Si](C)(C)C)cc1C([Si](C)(C)C)[Si](C)(C)C)C1c2ccccc2Oc2ccccc21. The van der Waals surface area contributed by atoms with Gasteiger partial charge in [0.15, 0.2) is 0 Å². The lowest BCUT2D eigenvalue weighted by molar-refractivity contribution is 0.410. The van der Waals surface area contributed by atoms with Gasteiger partial charge in [0.1, 0.15) is 11.5 Å². The zero-order valence-electron chi connectivity index (χ0n) is 35.4. The summed E-state index contributed by atoms with van der Waals surface area (Å²) in [4.78, 5) is 0. The predicted octanol–water partition coefficient (Wildman–Crippen LogP) is 12.5. The van der Waals surface area contributed by atoms with E-state index in [2.05, 4.69) is 179 Å². The van der Waals surface area contributed by atoms with Crippen molar-refractivity contribution in [3.63, 3.8) is 0 Å². The van der Waals surface area contributed by atoms with Crippen LogP contribution in [0.3, 0.4) is 0 Å². The highest BCUT2D eigenvalue weighted by Crippen LogP contribution is 2.49. The molecule has 9 heteroatoms.